The van der Waals surface area contributed by atoms with Crippen LogP contribution in [-0.2, 0) is 4.79 Å². The molecule has 0 amide bonds. The highest BCUT2D eigenvalue weighted by Gasteiger charge is 2.60. The molecule has 20 heavy (non-hydrogen) atoms. The number of allylic oxidation sites excluding steroid dienone is 2. The monoisotopic (exact) mass is 277 g/mol. The van der Waals surface area contributed by atoms with Crippen molar-refractivity contribution in [3.05, 3.63) is 11.6 Å². The van der Waals surface area contributed by atoms with Crippen molar-refractivity contribution in [2.24, 2.45) is 23.2 Å². The van der Waals surface area contributed by atoms with E-state index < -0.39 is 5.97 Å². The molecule has 0 aromatic rings. The van der Waals surface area contributed by atoms with E-state index in [4.69, 9.17) is 0 Å². The minimum atomic E-state index is -0.744. The van der Waals surface area contributed by atoms with E-state index in [0.717, 1.165) is 24.8 Å². The van der Waals surface area contributed by atoms with Crippen LogP contribution in [0.25, 0.3) is 0 Å². The fourth-order valence-electron chi connectivity index (χ4n) is 3.08. The van der Waals surface area contributed by atoms with Crippen LogP contribution in [0.5, 0.6) is 0 Å². The van der Waals surface area contributed by atoms with Gasteiger partial charge in [-0.25, -0.2) is 0 Å². The summed E-state index contributed by atoms with van der Waals surface area (Å²) in [4.78, 5) is 11.2. The lowest BCUT2D eigenvalue weighted by atomic mass is 9.91. The van der Waals surface area contributed by atoms with Gasteiger partial charge in [-0.3, -0.25) is 4.79 Å². The molecule has 1 N–H and O–H groups in total. The number of unbranched alkanes of at least 4 members (excludes halogenated alkanes) is 1. The Morgan fingerprint density at radius 1 is 1.45 bits per heavy atom. The zero-order chi connectivity index (χ0) is 15.3. The van der Waals surface area contributed by atoms with Crippen LogP contribution in [0.2, 0.25) is 0 Å². The summed E-state index contributed by atoms with van der Waals surface area (Å²) in [5.41, 5.74) is 0.564. The zero-order valence-electron chi connectivity index (χ0n) is 13.1. The van der Waals surface area contributed by atoms with Gasteiger partial charge in [-0.05, 0) is 23.7 Å². The van der Waals surface area contributed by atoms with Gasteiger partial charge in [-0.2, -0.15) is 5.26 Å². The van der Waals surface area contributed by atoms with Crippen molar-refractivity contribution in [1.29, 1.82) is 5.26 Å². The van der Waals surface area contributed by atoms with Crippen molar-refractivity contribution in [2.75, 3.05) is 0 Å². The summed E-state index contributed by atoms with van der Waals surface area (Å²) in [7, 11) is 0. The average molecular weight is 277 g/mol. The standard InChI is InChI=1S/C17H27NO2/c1-5-7-8-12(6-2)9-13(11-18)10-14-15(16(19)20)17(14,3)4/h10,12,14-15H,5-9H2,1-4H3,(H,19,20)/b13-10+. The van der Waals surface area contributed by atoms with Crippen LogP contribution in [-0.4, -0.2) is 11.1 Å². The minimum Gasteiger partial charge on any atom is -0.481 e. The van der Waals surface area contributed by atoms with E-state index in [-0.39, 0.29) is 17.3 Å². The third kappa shape index (κ3) is 3.85. The van der Waals surface area contributed by atoms with Crippen molar-refractivity contribution in [3.8, 4) is 6.07 Å². The van der Waals surface area contributed by atoms with Gasteiger partial charge < -0.3 is 5.11 Å². The maximum atomic E-state index is 11.2. The quantitative estimate of drug-likeness (QED) is 0.669. The molecule has 1 aliphatic carbocycles. The number of hydrogen-bond acceptors (Lipinski definition) is 2. The Balaban J connectivity index is 2.70. The van der Waals surface area contributed by atoms with Crippen LogP contribution >= 0.6 is 0 Å². The summed E-state index contributed by atoms with van der Waals surface area (Å²) >= 11 is 0. The number of carboxylic acid groups (broad SMARTS) is 1. The molecule has 3 heteroatoms. The molecule has 0 heterocycles. The van der Waals surface area contributed by atoms with E-state index in [2.05, 4.69) is 19.9 Å². The average Bonchev–Trinajstić information content (AvgIpc) is 2.94. The normalized spacial score (nSPS) is 25.9. The highest BCUT2D eigenvalue weighted by molar-refractivity contribution is 5.76. The lowest BCUT2D eigenvalue weighted by Gasteiger charge is -2.13. The maximum absolute atomic E-state index is 11.2. The SMILES string of the molecule is CCCCC(CC)C/C(C#N)=C\C1C(C(=O)O)C1(C)C. The first-order valence-electron chi connectivity index (χ1n) is 7.72. The van der Waals surface area contributed by atoms with Crippen LogP contribution in [0.4, 0.5) is 0 Å². The molecule has 3 nitrogen and oxygen atoms in total. The Kier molecular flexibility index (Phi) is 5.80. The predicted molar refractivity (Wildman–Crippen MR) is 80.0 cm³/mol. The number of rotatable bonds is 8. The van der Waals surface area contributed by atoms with Gasteiger partial charge >= 0.3 is 5.97 Å². The van der Waals surface area contributed by atoms with E-state index in [1.807, 2.05) is 19.9 Å². The summed E-state index contributed by atoms with van der Waals surface area (Å²) in [6, 6.07) is 2.28. The molecule has 0 spiro atoms. The molecule has 1 aliphatic rings. The Morgan fingerprint density at radius 3 is 2.50 bits per heavy atom. The maximum Gasteiger partial charge on any atom is 0.307 e. The van der Waals surface area contributed by atoms with Gasteiger partial charge in [0, 0.05) is 5.57 Å². The predicted octanol–water partition coefficient (Wildman–Crippen LogP) is 4.40. The molecule has 0 bridgehead atoms. The molecule has 0 saturated heterocycles. The molecule has 1 rings (SSSR count). The molecule has 1 fully saturated rings. The van der Waals surface area contributed by atoms with E-state index >= 15 is 0 Å². The van der Waals surface area contributed by atoms with Gasteiger partial charge in [0.15, 0.2) is 0 Å². The Hall–Kier alpha value is -1.30. The molecule has 3 atom stereocenters. The van der Waals surface area contributed by atoms with E-state index in [1.165, 1.54) is 12.8 Å². The highest BCUT2D eigenvalue weighted by atomic mass is 16.4. The fraction of sp³-hybridized carbons (Fsp3) is 0.765. The molecular formula is C17H27NO2. The van der Waals surface area contributed by atoms with Gasteiger partial charge in [-0.15, -0.1) is 0 Å². The minimum absolute atomic E-state index is 0.0123. The second-order valence-electron chi connectivity index (χ2n) is 6.59. The van der Waals surface area contributed by atoms with E-state index in [9.17, 15) is 15.2 Å². The Morgan fingerprint density at radius 2 is 2.10 bits per heavy atom. The summed E-state index contributed by atoms with van der Waals surface area (Å²) in [5, 5.41) is 18.5. The van der Waals surface area contributed by atoms with Crippen molar-refractivity contribution in [1.82, 2.24) is 0 Å². The highest BCUT2D eigenvalue weighted by Crippen LogP contribution is 2.59. The third-order valence-corrected chi connectivity index (χ3v) is 4.75. The molecule has 0 aromatic heterocycles. The topological polar surface area (TPSA) is 61.1 Å². The number of carbonyl (C=O) groups is 1. The van der Waals surface area contributed by atoms with Crippen LogP contribution < -0.4 is 0 Å². The van der Waals surface area contributed by atoms with Crippen LogP contribution in [0.1, 0.15) is 59.8 Å². The van der Waals surface area contributed by atoms with Crippen LogP contribution in [0.15, 0.2) is 11.6 Å². The van der Waals surface area contributed by atoms with Crippen molar-refractivity contribution >= 4 is 5.97 Å². The number of nitrogens with zero attached hydrogens (tertiary/aromatic N) is 1. The lowest BCUT2D eigenvalue weighted by Crippen LogP contribution is -2.03. The molecule has 112 valence electrons. The summed E-state index contributed by atoms with van der Waals surface area (Å²) in [6.45, 7) is 8.28. The summed E-state index contributed by atoms with van der Waals surface area (Å²) in [5.74, 6) is -0.516. The number of hydrogen-bond donors (Lipinski definition) is 1. The fourth-order valence-corrected chi connectivity index (χ4v) is 3.08. The van der Waals surface area contributed by atoms with Gasteiger partial charge in [0.1, 0.15) is 0 Å². The summed E-state index contributed by atoms with van der Waals surface area (Å²) in [6.07, 6.45) is 7.33. The second kappa shape index (κ2) is 6.92. The number of aliphatic carboxylic acids is 1. The van der Waals surface area contributed by atoms with E-state index in [0.29, 0.717) is 5.92 Å². The summed E-state index contributed by atoms with van der Waals surface area (Å²) < 4.78 is 0. The lowest BCUT2D eigenvalue weighted by molar-refractivity contribution is -0.139. The Bertz CT molecular complexity index is 417. The first kappa shape index (κ1) is 16.8. The zero-order valence-corrected chi connectivity index (χ0v) is 13.1. The molecule has 1 saturated carbocycles. The number of carboxylic acids is 1. The van der Waals surface area contributed by atoms with Gasteiger partial charge in [0.05, 0.1) is 12.0 Å². The Labute approximate surface area is 122 Å². The smallest absolute Gasteiger partial charge is 0.307 e. The second-order valence-corrected chi connectivity index (χ2v) is 6.59. The van der Waals surface area contributed by atoms with Crippen molar-refractivity contribution in [3.63, 3.8) is 0 Å². The first-order chi connectivity index (χ1) is 9.38. The van der Waals surface area contributed by atoms with Crippen LogP contribution in [0, 0.1) is 34.5 Å². The molecule has 0 radical (unpaired) electrons. The van der Waals surface area contributed by atoms with Gasteiger partial charge in [0.2, 0.25) is 0 Å². The van der Waals surface area contributed by atoms with Crippen molar-refractivity contribution < 1.29 is 9.90 Å². The first-order valence-corrected chi connectivity index (χ1v) is 7.72. The van der Waals surface area contributed by atoms with Crippen LogP contribution in [0.3, 0.4) is 0 Å². The van der Waals surface area contributed by atoms with Gasteiger partial charge in [0.25, 0.3) is 0 Å². The third-order valence-electron chi connectivity index (χ3n) is 4.75. The molecular weight excluding hydrogens is 250 g/mol. The van der Waals surface area contributed by atoms with E-state index in [1.54, 1.807) is 0 Å². The van der Waals surface area contributed by atoms with Crippen molar-refractivity contribution in [2.45, 2.75) is 59.8 Å². The number of nitriles is 1. The molecule has 0 aromatic carbocycles. The largest absolute Gasteiger partial charge is 0.481 e. The van der Waals surface area contributed by atoms with Gasteiger partial charge in [-0.1, -0.05) is 59.5 Å². The molecule has 0 aliphatic heterocycles. The molecule has 3 unspecified atom stereocenters.